The van der Waals surface area contributed by atoms with Gasteiger partial charge in [0, 0.05) is 31.7 Å². The third kappa shape index (κ3) is 2.56. The second-order valence-corrected chi connectivity index (χ2v) is 7.84. The number of hydrogen-bond acceptors (Lipinski definition) is 3. The Hall–Kier alpha value is -1.88. The molecule has 3 aliphatic rings. The third-order valence-corrected chi connectivity index (χ3v) is 6.45. The van der Waals surface area contributed by atoms with Crippen LogP contribution in [0, 0.1) is 0 Å². The predicted molar refractivity (Wildman–Crippen MR) is 96.0 cm³/mol. The number of nitrogens with zero attached hydrogens (tertiary/aromatic N) is 3. The van der Waals surface area contributed by atoms with Gasteiger partial charge in [0.2, 0.25) is 0 Å². The molecule has 0 aromatic heterocycles. The lowest BCUT2D eigenvalue weighted by Crippen LogP contribution is -2.49. The van der Waals surface area contributed by atoms with E-state index in [0.29, 0.717) is 6.04 Å². The van der Waals surface area contributed by atoms with Crippen molar-refractivity contribution in [2.45, 2.75) is 57.2 Å². The highest BCUT2D eigenvalue weighted by Crippen LogP contribution is 2.39. The number of likely N-dealkylation sites (tertiary alicyclic amines) is 1. The summed E-state index contributed by atoms with van der Waals surface area (Å²) in [7, 11) is 0. The van der Waals surface area contributed by atoms with E-state index in [1.807, 2.05) is 13.0 Å². The number of rotatable bonds is 3. The van der Waals surface area contributed by atoms with Crippen molar-refractivity contribution in [3.05, 3.63) is 35.9 Å². The van der Waals surface area contributed by atoms with E-state index < -0.39 is 5.54 Å². The number of benzene rings is 1. The summed E-state index contributed by atoms with van der Waals surface area (Å²) in [5.41, 5.74) is 0.744. The lowest BCUT2D eigenvalue weighted by atomic mass is 9.96. The Morgan fingerprint density at radius 2 is 1.76 bits per heavy atom. The summed E-state index contributed by atoms with van der Waals surface area (Å²) in [5.74, 6) is 0.0320. The van der Waals surface area contributed by atoms with Gasteiger partial charge in [0.1, 0.15) is 5.54 Å². The van der Waals surface area contributed by atoms with E-state index in [4.69, 9.17) is 0 Å². The van der Waals surface area contributed by atoms with Crippen LogP contribution in [0.5, 0.6) is 0 Å². The number of carbonyl (C=O) groups excluding carboxylic acids is 2. The summed E-state index contributed by atoms with van der Waals surface area (Å²) >= 11 is 0. The zero-order valence-electron chi connectivity index (χ0n) is 15.1. The fourth-order valence-electron chi connectivity index (χ4n) is 4.76. The second-order valence-electron chi connectivity index (χ2n) is 7.84. The van der Waals surface area contributed by atoms with Crippen molar-refractivity contribution in [2.24, 2.45) is 0 Å². The molecule has 0 saturated carbocycles. The van der Waals surface area contributed by atoms with E-state index in [2.05, 4.69) is 36.1 Å². The minimum atomic E-state index is -0.578. The van der Waals surface area contributed by atoms with E-state index >= 15 is 0 Å². The number of piperidine rings is 1. The molecule has 25 heavy (non-hydrogen) atoms. The summed E-state index contributed by atoms with van der Waals surface area (Å²) < 4.78 is 0. The topological polar surface area (TPSA) is 43.9 Å². The molecule has 4 rings (SSSR count). The third-order valence-electron chi connectivity index (χ3n) is 6.45. The van der Waals surface area contributed by atoms with Crippen LogP contribution in [0.25, 0.3) is 0 Å². The van der Waals surface area contributed by atoms with Crippen molar-refractivity contribution >= 4 is 11.9 Å². The van der Waals surface area contributed by atoms with Gasteiger partial charge in [-0.15, -0.1) is 0 Å². The summed E-state index contributed by atoms with van der Waals surface area (Å²) in [6.45, 7) is 6.75. The Labute approximate surface area is 149 Å². The van der Waals surface area contributed by atoms with Crippen molar-refractivity contribution in [3.63, 3.8) is 0 Å². The number of hydrogen-bond donors (Lipinski definition) is 0. The molecule has 1 aromatic carbocycles. The maximum atomic E-state index is 12.9. The van der Waals surface area contributed by atoms with E-state index in [1.165, 1.54) is 5.56 Å². The molecule has 134 valence electrons. The Balaban J connectivity index is 1.43. The van der Waals surface area contributed by atoms with Crippen LogP contribution in [0.3, 0.4) is 0 Å². The van der Waals surface area contributed by atoms with Crippen molar-refractivity contribution in [1.82, 2.24) is 14.7 Å². The molecular formula is C20H27N3O2. The Bertz CT molecular complexity index is 669. The molecular weight excluding hydrogens is 314 g/mol. The van der Waals surface area contributed by atoms with Gasteiger partial charge in [0.25, 0.3) is 5.91 Å². The van der Waals surface area contributed by atoms with Crippen molar-refractivity contribution in [2.75, 3.05) is 19.6 Å². The minimum absolute atomic E-state index is 0.0320. The van der Waals surface area contributed by atoms with Crippen LogP contribution in [-0.2, 0) is 4.79 Å². The van der Waals surface area contributed by atoms with E-state index in [-0.39, 0.29) is 18.0 Å². The van der Waals surface area contributed by atoms with Gasteiger partial charge in [-0.3, -0.25) is 14.6 Å². The summed E-state index contributed by atoms with van der Waals surface area (Å²) in [6, 6.07) is 10.9. The molecule has 3 aliphatic heterocycles. The highest BCUT2D eigenvalue weighted by molar-refractivity contribution is 6.07. The number of urea groups is 1. The molecule has 0 aliphatic carbocycles. The minimum Gasteiger partial charge on any atom is -0.310 e. The first-order valence-corrected chi connectivity index (χ1v) is 9.46. The molecule has 0 N–H and O–H groups in total. The summed E-state index contributed by atoms with van der Waals surface area (Å²) in [5, 5.41) is 0. The Kier molecular flexibility index (Phi) is 4.07. The fourth-order valence-corrected chi connectivity index (χ4v) is 4.76. The molecule has 0 unspecified atom stereocenters. The van der Waals surface area contributed by atoms with E-state index in [0.717, 1.165) is 45.3 Å². The molecule has 0 spiro atoms. The van der Waals surface area contributed by atoms with Crippen molar-refractivity contribution in [3.8, 4) is 0 Å². The first-order chi connectivity index (χ1) is 12.0. The van der Waals surface area contributed by atoms with Gasteiger partial charge < -0.3 is 4.90 Å². The van der Waals surface area contributed by atoms with Gasteiger partial charge in [-0.1, -0.05) is 30.3 Å². The Morgan fingerprint density at radius 1 is 1.08 bits per heavy atom. The van der Waals surface area contributed by atoms with Gasteiger partial charge >= 0.3 is 6.03 Å². The smallest absolute Gasteiger partial charge is 0.310 e. The molecule has 1 aromatic rings. The van der Waals surface area contributed by atoms with Crippen LogP contribution in [-0.4, -0.2) is 57.9 Å². The quantitative estimate of drug-likeness (QED) is 0.794. The molecule has 0 radical (unpaired) electrons. The molecule has 3 amide bonds. The van der Waals surface area contributed by atoms with Gasteiger partial charge in [-0.05, 0) is 45.1 Å². The largest absolute Gasteiger partial charge is 0.327 e. The molecule has 0 bridgehead atoms. The van der Waals surface area contributed by atoms with Crippen LogP contribution in [0.1, 0.15) is 51.1 Å². The van der Waals surface area contributed by atoms with Crippen LogP contribution >= 0.6 is 0 Å². The lowest BCUT2D eigenvalue weighted by molar-refractivity contribution is -0.134. The number of imide groups is 1. The highest BCUT2D eigenvalue weighted by atomic mass is 16.2. The van der Waals surface area contributed by atoms with Gasteiger partial charge in [0.05, 0.1) is 0 Å². The monoisotopic (exact) mass is 341 g/mol. The molecule has 3 fully saturated rings. The van der Waals surface area contributed by atoms with Crippen LogP contribution in [0.4, 0.5) is 4.79 Å². The number of carbonyl (C=O) groups is 2. The van der Waals surface area contributed by atoms with E-state index in [9.17, 15) is 9.59 Å². The standard InChI is InChI=1S/C20H27N3O2/c1-15(16-7-4-3-5-8-16)21-13-9-17(10-14-21)23-18(24)20(2)11-6-12-22(20)19(23)25/h3-5,7-8,15,17H,6,9-14H2,1-2H3/t15-,20+/m1/s1. The lowest BCUT2D eigenvalue weighted by Gasteiger charge is -2.38. The van der Waals surface area contributed by atoms with Gasteiger partial charge in [-0.25, -0.2) is 4.79 Å². The zero-order valence-corrected chi connectivity index (χ0v) is 15.1. The average Bonchev–Trinajstić information content (AvgIpc) is 3.12. The summed E-state index contributed by atoms with van der Waals surface area (Å²) in [4.78, 5) is 31.5. The maximum Gasteiger partial charge on any atom is 0.327 e. The zero-order chi connectivity index (χ0) is 17.6. The molecule has 5 heteroatoms. The predicted octanol–water partition coefficient (Wildman–Crippen LogP) is 3.03. The van der Waals surface area contributed by atoms with Crippen molar-refractivity contribution < 1.29 is 9.59 Å². The first-order valence-electron chi connectivity index (χ1n) is 9.46. The number of fused-ring (bicyclic) bond motifs is 1. The van der Waals surface area contributed by atoms with Crippen LogP contribution < -0.4 is 0 Å². The van der Waals surface area contributed by atoms with Gasteiger partial charge in [0.15, 0.2) is 0 Å². The highest BCUT2D eigenvalue weighted by Gasteiger charge is 2.58. The fraction of sp³-hybridized carbons (Fsp3) is 0.600. The normalized spacial score (nSPS) is 29.4. The molecule has 5 nitrogen and oxygen atoms in total. The van der Waals surface area contributed by atoms with Crippen LogP contribution in [0.2, 0.25) is 0 Å². The molecule has 3 heterocycles. The van der Waals surface area contributed by atoms with E-state index in [1.54, 1.807) is 9.80 Å². The maximum absolute atomic E-state index is 12.9. The van der Waals surface area contributed by atoms with Crippen LogP contribution in [0.15, 0.2) is 30.3 Å². The van der Waals surface area contributed by atoms with Gasteiger partial charge in [-0.2, -0.15) is 0 Å². The SMILES string of the molecule is C[C@H](c1ccccc1)N1CCC(N2C(=O)N3CCC[C@@]3(C)C2=O)CC1. The average molecular weight is 341 g/mol. The number of amides is 3. The second kappa shape index (κ2) is 6.13. The summed E-state index contributed by atoms with van der Waals surface area (Å²) in [6.07, 6.45) is 3.49. The first kappa shape index (κ1) is 16.6. The molecule has 2 atom stereocenters. The van der Waals surface area contributed by atoms with Crippen molar-refractivity contribution in [1.29, 1.82) is 0 Å². The Morgan fingerprint density at radius 3 is 2.40 bits per heavy atom. The molecule has 3 saturated heterocycles.